The third-order valence-electron chi connectivity index (χ3n) is 8.95. The highest BCUT2D eigenvalue weighted by Crippen LogP contribution is 2.30. The van der Waals surface area contributed by atoms with Crippen LogP contribution in [0.4, 0.5) is 4.79 Å². The smallest absolute Gasteiger partial charge is 0.408 e. The Bertz CT molecular complexity index is 1420. The van der Waals surface area contributed by atoms with E-state index in [4.69, 9.17) is 4.74 Å². The van der Waals surface area contributed by atoms with Crippen molar-refractivity contribution < 1.29 is 38.3 Å². The Morgan fingerprint density at radius 1 is 0.941 bits per heavy atom. The van der Waals surface area contributed by atoms with Gasteiger partial charge in [-0.1, -0.05) is 55.7 Å². The normalized spacial score (nSPS) is 18.0. The van der Waals surface area contributed by atoms with Crippen LogP contribution in [-0.2, 0) is 33.5 Å². The molecule has 1 saturated heterocycles. The summed E-state index contributed by atoms with van der Waals surface area (Å²) in [4.78, 5) is 95.2. The number of likely N-dealkylation sites (N-methyl/N-ethyl adjacent to an activating group) is 1. The second-order valence-corrected chi connectivity index (χ2v) is 14.3. The molecule has 0 radical (unpaired) electrons. The summed E-state index contributed by atoms with van der Waals surface area (Å²) in [6.07, 6.45) is 6.47. The van der Waals surface area contributed by atoms with Crippen molar-refractivity contribution in [3.8, 4) is 0 Å². The van der Waals surface area contributed by atoms with E-state index in [2.05, 4.69) is 27.8 Å². The Balaban J connectivity index is 1.68. The summed E-state index contributed by atoms with van der Waals surface area (Å²) >= 11 is 0. The average Bonchev–Trinajstić information content (AvgIpc) is 3.60. The lowest BCUT2D eigenvalue weighted by Crippen LogP contribution is -2.58. The van der Waals surface area contributed by atoms with Gasteiger partial charge in [-0.15, -0.1) is 6.58 Å². The number of allylic oxidation sites excluding steroid dienone is 1. The van der Waals surface area contributed by atoms with E-state index in [0.717, 1.165) is 32.1 Å². The molecule has 1 aromatic rings. The fraction of sp³-hybridized carbons (Fsp3) is 0.595. The summed E-state index contributed by atoms with van der Waals surface area (Å²) < 4.78 is 5.45. The molecule has 4 atom stereocenters. The number of hydrogen-bond donors (Lipinski definition) is 4. The molecule has 1 aliphatic heterocycles. The minimum atomic E-state index is -1.25. The number of Topliss-reactive ketones (excluding diaryl/α,β-unsaturated/α-hetero) is 1. The van der Waals surface area contributed by atoms with E-state index in [-0.39, 0.29) is 30.7 Å². The number of benzene rings is 1. The lowest BCUT2D eigenvalue weighted by molar-refractivity contribution is -0.143. The van der Waals surface area contributed by atoms with Crippen molar-refractivity contribution in [1.82, 2.24) is 31.1 Å². The van der Waals surface area contributed by atoms with E-state index in [1.165, 1.54) is 9.80 Å². The zero-order valence-corrected chi connectivity index (χ0v) is 30.5. The van der Waals surface area contributed by atoms with Crippen LogP contribution in [-0.4, -0.2) is 102 Å². The van der Waals surface area contributed by atoms with Gasteiger partial charge in [-0.2, -0.15) is 0 Å². The van der Waals surface area contributed by atoms with Crippen LogP contribution in [0.5, 0.6) is 0 Å². The number of nitrogens with zero attached hydrogens (tertiary/aromatic N) is 2. The number of carbonyl (C=O) groups is 7. The Morgan fingerprint density at radius 3 is 2.22 bits per heavy atom. The minimum Gasteiger partial charge on any atom is -0.444 e. The van der Waals surface area contributed by atoms with Crippen LogP contribution in [0.2, 0.25) is 0 Å². The fourth-order valence-corrected chi connectivity index (χ4v) is 6.40. The second kappa shape index (κ2) is 19.0. The van der Waals surface area contributed by atoms with Crippen LogP contribution < -0.4 is 21.3 Å². The first-order valence-electron chi connectivity index (χ1n) is 17.7. The zero-order chi connectivity index (χ0) is 37.7. The van der Waals surface area contributed by atoms with E-state index in [1.54, 1.807) is 71.3 Å². The Morgan fingerprint density at radius 2 is 1.61 bits per heavy atom. The first-order chi connectivity index (χ1) is 24.1. The van der Waals surface area contributed by atoms with E-state index in [0.29, 0.717) is 24.8 Å². The molecule has 4 N–H and O–H groups in total. The highest BCUT2D eigenvalue weighted by molar-refractivity contribution is 6.38. The number of hydrogen-bond acceptors (Lipinski definition) is 8. The predicted molar refractivity (Wildman–Crippen MR) is 190 cm³/mol. The monoisotopic (exact) mass is 710 g/mol. The number of likely N-dealkylation sites (tertiary alicyclic amines) is 1. The first kappa shape index (κ1) is 40.7. The molecule has 0 bridgehead atoms. The van der Waals surface area contributed by atoms with Crippen molar-refractivity contribution in [3.05, 3.63) is 48.6 Å². The maximum atomic E-state index is 14.0. The number of nitrogens with one attached hydrogen (secondary N) is 4. The summed E-state index contributed by atoms with van der Waals surface area (Å²) in [6, 6.07) is 4.56. The summed E-state index contributed by atoms with van der Waals surface area (Å²) in [7, 11) is 3.11. The largest absolute Gasteiger partial charge is 0.444 e. The maximum absolute atomic E-state index is 14.0. The van der Waals surface area contributed by atoms with Crippen LogP contribution in [0, 0.1) is 5.92 Å². The maximum Gasteiger partial charge on any atom is 0.408 e. The van der Waals surface area contributed by atoms with Crippen molar-refractivity contribution in [2.45, 2.75) is 108 Å². The standard InChI is InChI=1S/C37H54N6O8/c1-7-8-20-26(31(45)33(47)38-23-28(44)40-29(34(48)42(5)6)24-16-11-9-12-17-24)39-32(46)27-21-15-22-43(27)35(49)30(25-18-13-10-14-19-25)41-36(50)51-37(2,3)4/h7,9,11-12,16-17,25-27,29-30H,1,8,10,13-15,18-23H2,2-6H3,(H,38,47)(H,39,46)(H,40,44)(H,41,50)/t26?,27?,29-,30?/m0/s1. The van der Waals surface area contributed by atoms with Gasteiger partial charge in [0.2, 0.25) is 29.4 Å². The van der Waals surface area contributed by atoms with Crippen molar-refractivity contribution >= 4 is 41.4 Å². The van der Waals surface area contributed by atoms with Gasteiger partial charge in [-0.25, -0.2) is 4.79 Å². The number of ether oxygens (including phenoxy) is 1. The van der Waals surface area contributed by atoms with Gasteiger partial charge in [0.25, 0.3) is 5.91 Å². The molecule has 14 nitrogen and oxygen atoms in total. The fourth-order valence-electron chi connectivity index (χ4n) is 6.40. The Kier molecular flexibility index (Phi) is 15.2. The molecular formula is C37H54N6O8. The lowest BCUT2D eigenvalue weighted by Gasteiger charge is -2.35. The number of carbonyl (C=O) groups excluding carboxylic acids is 7. The lowest BCUT2D eigenvalue weighted by atomic mass is 9.83. The van der Waals surface area contributed by atoms with E-state index in [9.17, 15) is 33.6 Å². The Hall–Kier alpha value is -4.75. The van der Waals surface area contributed by atoms with Crippen LogP contribution in [0.1, 0.15) is 90.2 Å². The molecule has 280 valence electrons. The zero-order valence-electron chi connectivity index (χ0n) is 30.5. The van der Waals surface area contributed by atoms with E-state index >= 15 is 0 Å². The number of rotatable bonds is 15. The number of amides is 6. The summed E-state index contributed by atoms with van der Waals surface area (Å²) in [5.74, 6) is -4.23. The predicted octanol–water partition coefficient (Wildman–Crippen LogP) is 2.53. The van der Waals surface area contributed by atoms with Crippen molar-refractivity contribution in [1.29, 1.82) is 0 Å². The van der Waals surface area contributed by atoms with Gasteiger partial charge in [0.05, 0.1) is 12.6 Å². The quantitative estimate of drug-likeness (QED) is 0.158. The van der Waals surface area contributed by atoms with Gasteiger partial charge in [-0.05, 0) is 70.8 Å². The Labute approximate surface area is 300 Å². The van der Waals surface area contributed by atoms with Gasteiger partial charge in [0.1, 0.15) is 23.7 Å². The van der Waals surface area contributed by atoms with Gasteiger partial charge in [0, 0.05) is 20.6 Å². The third kappa shape index (κ3) is 12.2. The van der Waals surface area contributed by atoms with E-state index in [1.807, 2.05) is 0 Å². The molecule has 2 fully saturated rings. The summed E-state index contributed by atoms with van der Waals surface area (Å²) in [6.45, 7) is 8.58. The first-order valence-corrected chi connectivity index (χ1v) is 17.7. The van der Waals surface area contributed by atoms with Crippen molar-refractivity contribution in [3.63, 3.8) is 0 Å². The molecule has 6 amide bonds. The van der Waals surface area contributed by atoms with E-state index < -0.39 is 65.9 Å². The molecule has 0 aromatic heterocycles. The van der Waals surface area contributed by atoms with Crippen LogP contribution >= 0.6 is 0 Å². The van der Waals surface area contributed by atoms with Gasteiger partial charge < -0.3 is 35.8 Å². The second-order valence-electron chi connectivity index (χ2n) is 14.3. The third-order valence-corrected chi connectivity index (χ3v) is 8.95. The average molecular weight is 711 g/mol. The van der Waals surface area contributed by atoms with Crippen LogP contribution in [0.3, 0.4) is 0 Å². The van der Waals surface area contributed by atoms with Crippen molar-refractivity contribution in [2.24, 2.45) is 5.92 Å². The molecule has 2 aliphatic rings. The number of ketones is 1. The topological polar surface area (TPSA) is 183 Å². The molecule has 14 heteroatoms. The molecule has 1 aromatic carbocycles. The number of alkyl carbamates (subject to hydrolysis) is 1. The van der Waals surface area contributed by atoms with Crippen LogP contribution in [0.25, 0.3) is 0 Å². The van der Waals surface area contributed by atoms with Gasteiger partial charge in [0.15, 0.2) is 0 Å². The highest BCUT2D eigenvalue weighted by Gasteiger charge is 2.42. The van der Waals surface area contributed by atoms with Crippen molar-refractivity contribution in [2.75, 3.05) is 27.2 Å². The van der Waals surface area contributed by atoms with Gasteiger partial charge in [-0.3, -0.25) is 28.8 Å². The molecular weight excluding hydrogens is 656 g/mol. The highest BCUT2D eigenvalue weighted by atomic mass is 16.6. The SMILES string of the molecule is C=CCCC(NC(=O)C1CCCN1C(=O)C(NC(=O)OC(C)(C)C)C1CCCCC1)C(=O)C(=O)NCC(=O)N[C@H](C(=O)N(C)C)c1ccccc1. The molecule has 1 saturated carbocycles. The molecule has 1 aliphatic carbocycles. The molecule has 1 heterocycles. The van der Waals surface area contributed by atoms with Crippen LogP contribution in [0.15, 0.2) is 43.0 Å². The summed E-state index contributed by atoms with van der Waals surface area (Å²) in [5.41, 5.74) is -0.219. The van der Waals surface area contributed by atoms with Gasteiger partial charge >= 0.3 is 6.09 Å². The molecule has 0 spiro atoms. The molecule has 3 unspecified atom stereocenters. The summed E-state index contributed by atoms with van der Waals surface area (Å²) in [5, 5.41) is 10.3. The molecule has 51 heavy (non-hydrogen) atoms. The minimum absolute atomic E-state index is 0.0622. The molecule has 3 rings (SSSR count).